The Hall–Kier alpha value is -2.04. The maximum absolute atomic E-state index is 12.7. The number of rotatable bonds is 2. The standard InChI is InChI=1S/C20H30N2O3/c1-7-18(23)21-10-11-22(19(24)25-20(4,5)6)17(13-21)16-9-8-14(2)12-15(16)3/h8-9,12,17H,7,10-11,13H2,1-6H3. The Morgan fingerprint density at radius 2 is 1.88 bits per heavy atom. The average molecular weight is 346 g/mol. The van der Waals surface area contributed by atoms with Gasteiger partial charge in [-0.25, -0.2) is 4.79 Å². The molecule has 0 aliphatic carbocycles. The van der Waals surface area contributed by atoms with Gasteiger partial charge in [0.15, 0.2) is 0 Å². The van der Waals surface area contributed by atoms with Crippen molar-refractivity contribution in [2.24, 2.45) is 0 Å². The third-order valence-electron chi connectivity index (χ3n) is 4.45. The predicted molar refractivity (Wildman–Crippen MR) is 98.5 cm³/mol. The van der Waals surface area contributed by atoms with Gasteiger partial charge in [0.25, 0.3) is 0 Å². The van der Waals surface area contributed by atoms with Gasteiger partial charge >= 0.3 is 6.09 Å². The van der Waals surface area contributed by atoms with Crippen molar-refractivity contribution in [3.63, 3.8) is 0 Å². The first-order valence-electron chi connectivity index (χ1n) is 8.97. The number of aryl methyl sites for hydroxylation is 2. The van der Waals surface area contributed by atoms with Crippen LogP contribution in [0.15, 0.2) is 18.2 Å². The number of hydrogen-bond donors (Lipinski definition) is 0. The van der Waals surface area contributed by atoms with Crippen LogP contribution in [0, 0.1) is 13.8 Å². The molecule has 0 bridgehead atoms. The highest BCUT2D eigenvalue weighted by Crippen LogP contribution is 2.30. The van der Waals surface area contributed by atoms with E-state index in [1.54, 1.807) is 4.90 Å². The van der Waals surface area contributed by atoms with Crippen molar-refractivity contribution in [2.45, 2.75) is 59.6 Å². The van der Waals surface area contributed by atoms with E-state index in [4.69, 9.17) is 4.74 Å². The molecule has 138 valence electrons. The normalized spacial score (nSPS) is 18.2. The molecule has 1 heterocycles. The molecule has 1 unspecified atom stereocenters. The number of carbonyl (C=O) groups excluding carboxylic acids is 2. The molecule has 0 N–H and O–H groups in total. The third kappa shape index (κ3) is 4.74. The van der Waals surface area contributed by atoms with Crippen molar-refractivity contribution < 1.29 is 14.3 Å². The van der Waals surface area contributed by atoms with E-state index >= 15 is 0 Å². The summed E-state index contributed by atoms with van der Waals surface area (Å²) in [7, 11) is 0. The van der Waals surface area contributed by atoms with Crippen LogP contribution in [0.2, 0.25) is 0 Å². The predicted octanol–water partition coefficient (Wildman–Crippen LogP) is 3.83. The van der Waals surface area contributed by atoms with Crippen LogP contribution >= 0.6 is 0 Å². The maximum atomic E-state index is 12.7. The second-order valence-electron chi connectivity index (χ2n) is 7.74. The Morgan fingerprint density at radius 1 is 1.20 bits per heavy atom. The first-order valence-corrected chi connectivity index (χ1v) is 8.97. The van der Waals surface area contributed by atoms with Crippen molar-refractivity contribution in [2.75, 3.05) is 19.6 Å². The fourth-order valence-corrected chi connectivity index (χ4v) is 3.24. The average Bonchev–Trinajstić information content (AvgIpc) is 2.52. The SMILES string of the molecule is CCC(=O)N1CCN(C(=O)OC(C)(C)C)C(c2ccc(C)cc2C)C1. The highest BCUT2D eigenvalue weighted by molar-refractivity contribution is 5.76. The van der Waals surface area contributed by atoms with Gasteiger partial charge in [-0.05, 0) is 45.7 Å². The van der Waals surface area contributed by atoms with Crippen LogP contribution in [0.5, 0.6) is 0 Å². The number of benzene rings is 1. The zero-order valence-corrected chi connectivity index (χ0v) is 16.3. The van der Waals surface area contributed by atoms with Crippen LogP contribution < -0.4 is 0 Å². The second kappa shape index (κ2) is 7.46. The van der Waals surface area contributed by atoms with Gasteiger partial charge in [-0.15, -0.1) is 0 Å². The first-order chi connectivity index (χ1) is 11.6. The van der Waals surface area contributed by atoms with E-state index in [0.717, 1.165) is 11.1 Å². The van der Waals surface area contributed by atoms with E-state index in [2.05, 4.69) is 32.0 Å². The summed E-state index contributed by atoms with van der Waals surface area (Å²) in [5.74, 6) is 0.124. The van der Waals surface area contributed by atoms with Crippen molar-refractivity contribution >= 4 is 12.0 Å². The topological polar surface area (TPSA) is 49.9 Å². The second-order valence-corrected chi connectivity index (χ2v) is 7.74. The molecule has 25 heavy (non-hydrogen) atoms. The Kier molecular flexibility index (Phi) is 5.76. The number of amides is 2. The summed E-state index contributed by atoms with van der Waals surface area (Å²) in [4.78, 5) is 28.5. The van der Waals surface area contributed by atoms with Crippen LogP contribution in [0.4, 0.5) is 4.79 Å². The Bertz CT molecular complexity index is 649. The van der Waals surface area contributed by atoms with Crippen LogP contribution in [0.1, 0.15) is 56.8 Å². The molecule has 1 aromatic carbocycles. The Balaban J connectivity index is 2.34. The molecule has 5 heteroatoms. The molecule has 1 fully saturated rings. The van der Waals surface area contributed by atoms with Crippen molar-refractivity contribution in [1.82, 2.24) is 9.80 Å². The fraction of sp³-hybridized carbons (Fsp3) is 0.600. The summed E-state index contributed by atoms with van der Waals surface area (Å²) in [5.41, 5.74) is 2.84. The van der Waals surface area contributed by atoms with E-state index in [-0.39, 0.29) is 18.0 Å². The van der Waals surface area contributed by atoms with E-state index in [1.165, 1.54) is 5.56 Å². The van der Waals surface area contributed by atoms with Gasteiger partial charge in [-0.1, -0.05) is 30.7 Å². The molecule has 1 aliphatic heterocycles. The van der Waals surface area contributed by atoms with E-state index < -0.39 is 5.60 Å². The molecule has 2 rings (SSSR count). The molecule has 0 spiro atoms. The summed E-state index contributed by atoms with van der Waals surface area (Å²) >= 11 is 0. The summed E-state index contributed by atoms with van der Waals surface area (Å²) < 4.78 is 5.60. The molecule has 0 saturated carbocycles. The minimum atomic E-state index is -0.541. The first kappa shape index (κ1) is 19.3. The summed E-state index contributed by atoms with van der Waals surface area (Å²) in [6.45, 7) is 13.1. The highest BCUT2D eigenvalue weighted by atomic mass is 16.6. The smallest absolute Gasteiger partial charge is 0.410 e. The van der Waals surface area contributed by atoms with Gasteiger partial charge < -0.3 is 9.64 Å². The van der Waals surface area contributed by atoms with Crippen molar-refractivity contribution in [3.05, 3.63) is 34.9 Å². The minimum Gasteiger partial charge on any atom is -0.444 e. The van der Waals surface area contributed by atoms with E-state index in [1.807, 2.05) is 32.6 Å². The maximum Gasteiger partial charge on any atom is 0.410 e. The Labute approximate surface area is 150 Å². The van der Waals surface area contributed by atoms with Gasteiger partial charge in [-0.3, -0.25) is 9.69 Å². The third-order valence-corrected chi connectivity index (χ3v) is 4.45. The van der Waals surface area contributed by atoms with Gasteiger partial charge in [0.2, 0.25) is 5.91 Å². The molecular formula is C20H30N2O3. The summed E-state index contributed by atoms with van der Waals surface area (Å²) in [6, 6.07) is 6.05. The van der Waals surface area contributed by atoms with Gasteiger partial charge in [0.1, 0.15) is 5.60 Å². The van der Waals surface area contributed by atoms with Gasteiger partial charge in [-0.2, -0.15) is 0 Å². The van der Waals surface area contributed by atoms with Gasteiger partial charge in [0.05, 0.1) is 6.04 Å². The lowest BCUT2D eigenvalue weighted by Gasteiger charge is -2.42. The molecule has 2 amide bonds. The number of nitrogens with zero attached hydrogens (tertiary/aromatic N) is 2. The molecule has 5 nitrogen and oxygen atoms in total. The zero-order chi connectivity index (χ0) is 18.8. The number of carbonyl (C=O) groups is 2. The molecular weight excluding hydrogens is 316 g/mol. The number of ether oxygens (including phenoxy) is 1. The quantitative estimate of drug-likeness (QED) is 0.818. The van der Waals surface area contributed by atoms with E-state index in [0.29, 0.717) is 26.1 Å². The Morgan fingerprint density at radius 3 is 2.44 bits per heavy atom. The fourth-order valence-electron chi connectivity index (χ4n) is 3.24. The molecule has 1 atom stereocenters. The summed E-state index contributed by atoms with van der Waals surface area (Å²) in [5, 5.41) is 0. The highest BCUT2D eigenvalue weighted by Gasteiger charge is 2.36. The van der Waals surface area contributed by atoms with E-state index in [9.17, 15) is 9.59 Å². The molecule has 1 saturated heterocycles. The van der Waals surface area contributed by atoms with Crippen LogP contribution in [0.3, 0.4) is 0 Å². The lowest BCUT2D eigenvalue weighted by Crippen LogP contribution is -2.53. The van der Waals surface area contributed by atoms with Crippen LogP contribution in [-0.2, 0) is 9.53 Å². The lowest BCUT2D eigenvalue weighted by molar-refractivity contribution is -0.134. The van der Waals surface area contributed by atoms with Gasteiger partial charge in [0, 0.05) is 26.1 Å². The molecule has 1 aliphatic rings. The largest absolute Gasteiger partial charge is 0.444 e. The number of piperazine rings is 1. The molecule has 0 radical (unpaired) electrons. The zero-order valence-electron chi connectivity index (χ0n) is 16.3. The molecule has 1 aromatic rings. The minimum absolute atomic E-state index is 0.124. The van der Waals surface area contributed by atoms with Crippen LogP contribution in [-0.4, -0.2) is 47.0 Å². The van der Waals surface area contributed by atoms with Crippen molar-refractivity contribution in [3.8, 4) is 0 Å². The van der Waals surface area contributed by atoms with Crippen molar-refractivity contribution in [1.29, 1.82) is 0 Å². The number of hydrogen-bond acceptors (Lipinski definition) is 3. The summed E-state index contributed by atoms with van der Waals surface area (Å²) in [6.07, 6.45) is 0.160. The van der Waals surface area contributed by atoms with Crippen LogP contribution in [0.25, 0.3) is 0 Å². The molecule has 0 aromatic heterocycles. The monoisotopic (exact) mass is 346 g/mol. The lowest BCUT2D eigenvalue weighted by atomic mass is 9.96.